The van der Waals surface area contributed by atoms with E-state index in [1.54, 1.807) is 11.3 Å². The summed E-state index contributed by atoms with van der Waals surface area (Å²) in [5.74, 6) is 0.0648. The first-order valence-electron chi connectivity index (χ1n) is 8.50. The highest BCUT2D eigenvalue weighted by atomic mass is 32.1. The van der Waals surface area contributed by atoms with Crippen LogP contribution in [0.2, 0.25) is 0 Å². The summed E-state index contributed by atoms with van der Waals surface area (Å²) < 4.78 is 5.41. The lowest BCUT2D eigenvalue weighted by molar-refractivity contribution is 0.0823. The summed E-state index contributed by atoms with van der Waals surface area (Å²) in [6.45, 7) is 9.70. The molecular weight excluding hydrogens is 312 g/mol. The van der Waals surface area contributed by atoms with Gasteiger partial charge < -0.3 is 19.9 Å². The van der Waals surface area contributed by atoms with Crippen LogP contribution in [0.3, 0.4) is 0 Å². The summed E-state index contributed by atoms with van der Waals surface area (Å²) in [7, 11) is 0. The fourth-order valence-corrected chi connectivity index (χ4v) is 4.91. The fraction of sp³-hybridized carbons (Fsp3) is 0.750. The number of morpholine rings is 1. The quantitative estimate of drug-likeness (QED) is 0.885. The standard InChI is InChI=1S/C16H24N4O2S/c1-11(2)19-5-3-16(4-6-19)13-12(14(21)18-16)23-15(17-13)20-7-9-22-10-8-20/h11H,3-10H2,1-2H3,(H,18,21). The first-order chi connectivity index (χ1) is 11.1. The minimum absolute atomic E-state index is 0.0648. The van der Waals surface area contributed by atoms with Crippen molar-refractivity contribution in [1.82, 2.24) is 15.2 Å². The Hall–Kier alpha value is -1.18. The van der Waals surface area contributed by atoms with Gasteiger partial charge in [-0.25, -0.2) is 4.98 Å². The van der Waals surface area contributed by atoms with E-state index in [0.717, 1.165) is 67.9 Å². The molecule has 0 bridgehead atoms. The van der Waals surface area contributed by atoms with Gasteiger partial charge >= 0.3 is 0 Å². The van der Waals surface area contributed by atoms with Crippen molar-refractivity contribution in [3.8, 4) is 0 Å². The highest BCUT2D eigenvalue weighted by molar-refractivity contribution is 7.17. The molecule has 3 aliphatic rings. The van der Waals surface area contributed by atoms with Gasteiger partial charge in [-0.1, -0.05) is 11.3 Å². The van der Waals surface area contributed by atoms with Crippen LogP contribution in [-0.4, -0.2) is 61.2 Å². The van der Waals surface area contributed by atoms with E-state index in [4.69, 9.17) is 9.72 Å². The Labute approximate surface area is 140 Å². The molecule has 1 aromatic rings. The third kappa shape index (κ3) is 2.55. The van der Waals surface area contributed by atoms with E-state index in [1.165, 1.54) is 0 Å². The number of anilines is 1. The van der Waals surface area contributed by atoms with Gasteiger partial charge in [-0.2, -0.15) is 0 Å². The van der Waals surface area contributed by atoms with Crippen LogP contribution >= 0.6 is 11.3 Å². The molecule has 6 nitrogen and oxygen atoms in total. The molecule has 4 rings (SSSR count). The second kappa shape index (κ2) is 5.72. The van der Waals surface area contributed by atoms with Crippen molar-refractivity contribution in [2.24, 2.45) is 0 Å². The van der Waals surface area contributed by atoms with E-state index in [0.29, 0.717) is 6.04 Å². The lowest BCUT2D eigenvalue weighted by Gasteiger charge is -2.40. The van der Waals surface area contributed by atoms with E-state index in [-0.39, 0.29) is 11.4 Å². The number of amides is 1. The molecule has 2 fully saturated rings. The van der Waals surface area contributed by atoms with Gasteiger partial charge in [0.1, 0.15) is 4.88 Å². The predicted molar refractivity (Wildman–Crippen MR) is 90.2 cm³/mol. The van der Waals surface area contributed by atoms with Gasteiger partial charge in [0.2, 0.25) is 0 Å². The molecule has 0 aliphatic carbocycles. The number of hydrogen-bond donors (Lipinski definition) is 1. The fourth-order valence-electron chi connectivity index (χ4n) is 3.79. The van der Waals surface area contributed by atoms with Crippen molar-refractivity contribution >= 4 is 22.4 Å². The van der Waals surface area contributed by atoms with Crippen molar-refractivity contribution in [2.45, 2.75) is 38.3 Å². The molecule has 0 saturated carbocycles. The summed E-state index contributed by atoms with van der Waals surface area (Å²) >= 11 is 1.54. The number of fused-ring (bicyclic) bond motifs is 2. The van der Waals surface area contributed by atoms with E-state index in [1.807, 2.05) is 0 Å². The van der Waals surface area contributed by atoms with Crippen molar-refractivity contribution in [1.29, 1.82) is 0 Å². The Kier molecular flexibility index (Phi) is 3.82. The largest absolute Gasteiger partial charge is 0.378 e. The molecule has 0 atom stereocenters. The highest BCUT2D eigenvalue weighted by Gasteiger charge is 2.48. The Morgan fingerprint density at radius 2 is 1.91 bits per heavy atom. The Morgan fingerprint density at radius 3 is 2.57 bits per heavy atom. The molecule has 0 unspecified atom stereocenters. The zero-order valence-electron chi connectivity index (χ0n) is 13.8. The second-order valence-corrected chi connectivity index (χ2v) is 7.92. The number of nitrogens with zero attached hydrogens (tertiary/aromatic N) is 3. The first-order valence-corrected chi connectivity index (χ1v) is 9.31. The van der Waals surface area contributed by atoms with E-state index in [2.05, 4.69) is 29.0 Å². The molecule has 7 heteroatoms. The monoisotopic (exact) mass is 336 g/mol. The average Bonchev–Trinajstić information content (AvgIpc) is 3.10. The molecule has 126 valence electrons. The summed E-state index contributed by atoms with van der Waals surface area (Å²) in [5.41, 5.74) is 0.760. The Morgan fingerprint density at radius 1 is 1.22 bits per heavy atom. The first kappa shape index (κ1) is 15.4. The average molecular weight is 336 g/mol. The predicted octanol–water partition coefficient (Wildman–Crippen LogP) is 1.42. The molecule has 4 heterocycles. The Balaban J connectivity index is 1.59. The zero-order valence-corrected chi connectivity index (χ0v) is 14.6. The molecule has 1 spiro atoms. The highest BCUT2D eigenvalue weighted by Crippen LogP contribution is 2.43. The number of aromatic nitrogens is 1. The minimum atomic E-state index is -0.237. The maximum absolute atomic E-state index is 12.5. The van der Waals surface area contributed by atoms with Crippen LogP contribution in [0.1, 0.15) is 42.1 Å². The van der Waals surface area contributed by atoms with Crippen molar-refractivity contribution in [2.75, 3.05) is 44.3 Å². The molecule has 1 N–H and O–H groups in total. The lowest BCUT2D eigenvalue weighted by Crippen LogP contribution is -2.51. The van der Waals surface area contributed by atoms with Gasteiger partial charge in [0, 0.05) is 32.2 Å². The van der Waals surface area contributed by atoms with Crippen molar-refractivity contribution < 1.29 is 9.53 Å². The molecular formula is C16H24N4O2S. The van der Waals surface area contributed by atoms with Gasteiger partial charge in [-0.05, 0) is 26.7 Å². The number of ether oxygens (including phenoxy) is 1. The van der Waals surface area contributed by atoms with E-state index < -0.39 is 0 Å². The normalized spacial score (nSPS) is 24.3. The third-order valence-corrected chi connectivity index (χ3v) is 6.41. The van der Waals surface area contributed by atoms with Crippen molar-refractivity contribution in [3.63, 3.8) is 0 Å². The number of thiazole rings is 1. The van der Waals surface area contributed by atoms with Gasteiger partial charge in [0.15, 0.2) is 5.13 Å². The number of likely N-dealkylation sites (tertiary alicyclic amines) is 1. The zero-order chi connectivity index (χ0) is 16.0. The van der Waals surface area contributed by atoms with Crippen LogP contribution in [0.25, 0.3) is 0 Å². The van der Waals surface area contributed by atoms with Gasteiger partial charge in [0.25, 0.3) is 5.91 Å². The number of nitrogens with one attached hydrogen (secondary N) is 1. The van der Waals surface area contributed by atoms with Gasteiger partial charge in [-0.15, -0.1) is 0 Å². The molecule has 0 radical (unpaired) electrons. The van der Waals surface area contributed by atoms with Crippen LogP contribution < -0.4 is 10.2 Å². The number of carbonyl (C=O) groups is 1. The van der Waals surface area contributed by atoms with Gasteiger partial charge in [0.05, 0.1) is 24.4 Å². The third-order valence-electron chi connectivity index (χ3n) is 5.29. The van der Waals surface area contributed by atoms with E-state index in [9.17, 15) is 4.79 Å². The topological polar surface area (TPSA) is 57.7 Å². The summed E-state index contributed by atoms with van der Waals surface area (Å²) in [6.07, 6.45) is 1.91. The smallest absolute Gasteiger partial charge is 0.264 e. The molecule has 1 amide bonds. The summed E-state index contributed by atoms with van der Waals surface area (Å²) in [4.78, 5) is 22.9. The molecule has 0 aromatic carbocycles. The summed E-state index contributed by atoms with van der Waals surface area (Å²) in [6, 6.07) is 0.559. The Bertz CT molecular complexity index is 601. The van der Waals surface area contributed by atoms with E-state index >= 15 is 0 Å². The number of piperidine rings is 1. The van der Waals surface area contributed by atoms with Crippen molar-refractivity contribution in [3.05, 3.63) is 10.6 Å². The maximum atomic E-state index is 12.5. The van der Waals surface area contributed by atoms with Crippen LogP contribution in [0.15, 0.2) is 0 Å². The minimum Gasteiger partial charge on any atom is -0.378 e. The second-order valence-electron chi connectivity index (χ2n) is 6.94. The van der Waals surface area contributed by atoms with Crippen LogP contribution in [0, 0.1) is 0 Å². The van der Waals surface area contributed by atoms with Crippen LogP contribution in [0.4, 0.5) is 5.13 Å². The molecule has 1 aromatic heterocycles. The SMILES string of the molecule is CC(C)N1CCC2(CC1)NC(=O)c1sc(N3CCOCC3)nc12. The molecule has 3 aliphatic heterocycles. The molecule has 23 heavy (non-hydrogen) atoms. The summed E-state index contributed by atoms with van der Waals surface area (Å²) in [5, 5.41) is 4.23. The van der Waals surface area contributed by atoms with Crippen LogP contribution in [-0.2, 0) is 10.3 Å². The number of hydrogen-bond acceptors (Lipinski definition) is 6. The van der Waals surface area contributed by atoms with Crippen LogP contribution in [0.5, 0.6) is 0 Å². The van der Waals surface area contributed by atoms with Gasteiger partial charge in [-0.3, -0.25) is 4.79 Å². The lowest BCUT2D eigenvalue weighted by atomic mass is 9.85. The maximum Gasteiger partial charge on any atom is 0.264 e. The molecule has 2 saturated heterocycles. The number of carbonyl (C=O) groups excluding carboxylic acids is 1. The number of rotatable bonds is 2.